The molecule has 0 spiro atoms. The summed E-state index contributed by atoms with van der Waals surface area (Å²) in [5.74, 6) is 0.736. The van der Waals surface area contributed by atoms with Gasteiger partial charge in [-0.2, -0.15) is 11.8 Å². The van der Waals surface area contributed by atoms with Gasteiger partial charge < -0.3 is 10.8 Å². The van der Waals surface area contributed by atoms with Crippen LogP contribution in [0.15, 0.2) is 0 Å². The van der Waals surface area contributed by atoms with Gasteiger partial charge in [0.25, 0.3) is 0 Å². The van der Waals surface area contributed by atoms with Crippen molar-refractivity contribution in [2.24, 2.45) is 5.73 Å². The van der Waals surface area contributed by atoms with Crippen LogP contribution in [0.3, 0.4) is 0 Å². The number of rotatable bonds is 3. The quantitative estimate of drug-likeness (QED) is 0.648. The largest absolute Gasteiger partial charge is 0.391 e. The summed E-state index contributed by atoms with van der Waals surface area (Å²) < 4.78 is 0.232. The zero-order valence-electron chi connectivity index (χ0n) is 6.92. The molecule has 1 atom stereocenters. The van der Waals surface area contributed by atoms with Crippen LogP contribution in [0.2, 0.25) is 0 Å². The van der Waals surface area contributed by atoms with Gasteiger partial charge in [0, 0.05) is 17.0 Å². The summed E-state index contributed by atoms with van der Waals surface area (Å²) in [6, 6.07) is 0. The van der Waals surface area contributed by atoms with Gasteiger partial charge in [-0.25, -0.2) is 0 Å². The predicted octanol–water partition coefficient (Wildman–Crippen LogP) is 0.838. The van der Waals surface area contributed by atoms with Crippen molar-refractivity contribution in [1.82, 2.24) is 0 Å². The van der Waals surface area contributed by atoms with E-state index in [4.69, 9.17) is 10.8 Å². The maximum absolute atomic E-state index is 9.08. The average molecular weight is 163 g/mol. The highest BCUT2D eigenvalue weighted by Gasteiger charge is 2.12. The molecule has 0 aliphatic carbocycles. The van der Waals surface area contributed by atoms with Gasteiger partial charge in [0.15, 0.2) is 0 Å². The third-order valence-electron chi connectivity index (χ3n) is 0.981. The van der Waals surface area contributed by atoms with Gasteiger partial charge >= 0.3 is 0 Å². The van der Waals surface area contributed by atoms with E-state index in [0.717, 1.165) is 5.75 Å². The second-order valence-corrected chi connectivity index (χ2v) is 5.16. The molecule has 0 saturated heterocycles. The maximum atomic E-state index is 9.08. The van der Waals surface area contributed by atoms with Crippen molar-refractivity contribution >= 4 is 11.8 Å². The van der Waals surface area contributed by atoms with Gasteiger partial charge in [-0.05, 0) is 0 Å². The number of thioether (sulfide) groups is 1. The molecule has 0 unspecified atom stereocenters. The Labute approximate surface area is 67.2 Å². The summed E-state index contributed by atoms with van der Waals surface area (Å²) in [5, 5.41) is 9.08. The summed E-state index contributed by atoms with van der Waals surface area (Å²) in [4.78, 5) is 0. The zero-order valence-corrected chi connectivity index (χ0v) is 7.74. The number of hydrogen-bond acceptors (Lipinski definition) is 3. The standard InChI is InChI=1S/C7H17NOS/c1-7(2,3)10-5-6(9)4-8/h6,9H,4-5,8H2,1-3H3/t6-/m1/s1. The molecule has 0 bridgehead atoms. The topological polar surface area (TPSA) is 46.2 Å². The number of aliphatic hydroxyl groups is 1. The second kappa shape index (κ2) is 4.21. The van der Waals surface area contributed by atoms with Gasteiger partial charge in [-0.1, -0.05) is 20.8 Å². The Bertz CT molecular complexity index is 90.1. The highest BCUT2D eigenvalue weighted by Crippen LogP contribution is 2.23. The van der Waals surface area contributed by atoms with Crippen molar-refractivity contribution < 1.29 is 5.11 Å². The van der Waals surface area contributed by atoms with Crippen molar-refractivity contribution in [2.45, 2.75) is 31.6 Å². The van der Waals surface area contributed by atoms with E-state index in [0.29, 0.717) is 6.54 Å². The van der Waals surface area contributed by atoms with Crippen LogP contribution >= 0.6 is 11.8 Å². The predicted molar refractivity (Wildman–Crippen MR) is 47.3 cm³/mol. The molecule has 0 fully saturated rings. The first-order valence-corrected chi connectivity index (χ1v) is 4.46. The zero-order chi connectivity index (χ0) is 8.20. The molecule has 0 aromatic rings. The molecule has 0 radical (unpaired) electrons. The molecule has 3 N–H and O–H groups in total. The fraction of sp³-hybridized carbons (Fsp3) is 1.00. The first-order chi connectivity index (χ1) is 4.45. The summed E-state index contributed by atoms with van der Waals surface area (Å²) in [6.07, 6.45) is -0.343. The molecule has 0 aliphatic heterocycles. The van der Waals surface area contributed by atoms with Crippen molar-refractivity contribution in [2.75, 3.05) is 12.3 Å². The Morgan fingerprint density at radius 3 is 2.30 bits per heavy atom. The van der Waals surface area contributed by atoms with E-state index in [1.54, 1.807) is 11.8 Å². The molecule has 10 heavy (non-hydrogen) atoms. The highest BCUT2D eigenvalue weighted by molar-refractivity contribution is 8.00. The fourth-order valence-corrected chi connectivity index (χ4v) is 1.24. The van der Waals surface area contributed by atoms with E-state index >= 15 is 0 Å². The molecule has 0 saturated carbocycles. The van der Waals surface area contributed by atoms with Gasteiger partial charge in [-0.15, -0.1) is 0 Å². The molecule has 2 nitrogen and oxygen atoms in total. The Hall–Kier alpha value is 0.270. The highest BCUT2D eigenvalue weighted by atomic mass is 32.2. The van der Waals surface area contributed by atoms with Crippen LogP contribution in [0.1, 0.15) is 20.8 Å². The third-order valence-corrected chi connectivity index (χ3v) is 2.40. The van der Waals surface area contributed by atoms with E-state index < -0.39 is 0 Å². The van der Waals surface area contributed by atoms with Crippen LogP contribution in [0, 0.1) is 0 Å². The van der Waals surface area contributed by atoms with Crippen LogP contribution in [0.5, 0.6) is 0 Å². The first-order valence-electron chi connectivity index (χ1n) is 3.48. The van der Waals surface area contributed by atoms with Crippen LogP contribution in [-0.4, -0.2) is 28.3 Å². The van der Waals surface area contributed by atoms with Crippen LogP contribution in [0.25, 0.3) is 0 Å². The molecule has 0 amide bonds. The second-order valence-electron chi connectivity index (χ2n) is 3.31. The van der Waals surface area contributed by atoms with Crippen molar-refractivity contribution in [3.8, 4) is 0 Å². The minimum atomic E-state index is -0.343. The van der Waals surface area contributed by atoms with Crippen LogP contribution < -0.4 is 5.73 Å². The van der Waals surface area contributed by atoms with E-state index in [-0.39, 0.29) is 10.9 Å². The Balaban J connectivity index is 3.36. The van der Waals surface area contributed by atoms with E-state index in [1.807, 2.05) is 0 Å². The third kappa shape index (κ3) is 6.39. The lowest BCUT2D eigenvalue weighted by molar-refractivity contribution is 0.208. The van der Waals surface area contributed by atoms with E-state index in [9.17, 15) is 0 Å². The lowest BCUT2D eigenvalue weighted by atomic mass is 10.3. The summed E-state index contributed by atoms with van der Waals surface area (Å²) in [5.41, 5.74) is 5.24. The van der Waals surface area contributed by atoms with Crippen molar-refractivity contribution in [1.29, 1.82) is 0 Å². The summed E-state index contributed by atoms with van der Waals surface area (Å²) in [6.45, 7) is 6.74. The number of aliphatic hydroxyl groups excluding tert-OH is 1. The fourth-order valence-electron chi connectivity index (χ4n) is 0.414. The van der Waals surface area contributed by atoms with Gasteiger partial charge in [0.2, 0.25) is 0 Å². The molecule has 0 aromatic heterocycles. The van der Waals surface area contributed by atoms with E-state index in [1.165, 1.54) is 0 Å². The minimum Gasteiger partial charge on any atom is -0.391 e. The van der Waals surface area contributed by atoms with Crippen molar-refractivity contribution in [3.05, 3.63) is 0 Å². The van der Waals surface area contributed by atoms with Crippen LogP contribution in [0.4, 0.5) is 0 Å². The van der Waals surface area contributed by atoms with Gasteiger partial charge in [0.05, 0.1) is 6.10 Å². The smallest absolute Gasteiger partial charge is 0.0752 e. The summed E-state index contributed by atoms with van der Waals surface area (Å²) >= 11 is 1.74. The van der Waals surface area contributed by atoms with E-state index in [2.05, 4.69) is 20.8 Å². The molecule has 0 aliphatic rings. The maximum Gasteiger partial charge on any atom is 0.0752 e. The molecular formula is C7H17NOS. The molecule has 0 aromatic carbocycles. The average Bonchev–Trinajstić information content (AvgIpc) is 1.81. The lowest BCUT2D eigenvalue weighted by Crippen LogP contribution is -2.24. The minimum absolute atomic E-state index is 0.232. The lowest BCUT2D eigenvalue weighted by Gasteiger charge is -2.19. The monoisotopic (exact) mass is 163 g/mol. The molecule has 0 rings (SSSR count). The molecule has 0 heterocycles. The molecule has 3 heteroatoms. The Morgan fingerprint density at radius 2 is 2.00 bits per heavy atom. The van der Waals surface area contributed by atoms with Gasteiger partial charge in [-0.3, -0.25) is 0 Å². The van der Waals surface area contributed by atoms with Crippen LogP contribution in [-0.2, 0) is 0 Å². The number of hydrogen-bond donors (Lipinski definition) is 2. The van der Waals surface area contributed by atoms with Gasteiger partial charge in [0.1, 0.15) is 0 Å². The first kappa shape index (κ1) is 10.3. The SMILES string of the molecule is CC(C)(C)SC[C@H](O)CN. The Morgan fingerprint density at radius 1 is 1.50 bits per heavy atom. The molecular weight excluding hydrogens is 146 g/mol. The molecule has 62 valence electrons. The van der Waals surface area contributed by atoms with Crippen molar-refractivity contribution in [3.63, 3.8) is 0 Å². The number of nitrogens with two attached hydrogens (primary N) is 1. The Kier molecular flexibility index (Phi) is 4.32. The summed E-state index contributed by atoms with van der Waals surface area (Å²) in [7, 11) is 0. The normalized spacial score (nSPS) is 15.3.